The molecule has 0 radical (unpaired) electrons. The van der Waals surface area contributed by atoms with Crippen LogP contribution in [0.15, 0.2) is 18.2 Å². The van der Waals surface area contributed by atoms with E-state index in [1.54, 1.807) is 0 Å². The summed E-state index contributed by atoms with van der Waals surface area (Å²) in [6, 6.07) is 4.44. The Kier molecular flexibility index (Phi) is 2.38. The number of nitrogens with zero attached hydrogens (tertiary/aromatic N) is 1. The molecule has 1 aromatic rings. The van der Waals surface area contributed by atoms with Crippen molar-refractivity contribution in [2.75, 3.05) is 0 Å². The molecule has 0 spiro atoms. The van der Waals surface area contributed by atoms with Gasteiger partial charge in [0.25, 0.3) is 0 Å². The van der Waals surface area contributed by atoms with Crippen LogP contribution < -0.4 is 0 Å². The van der Waals surface area contributed by atoms with Gasteiger partial charge >= 0.3 is 6.18 Å². The van der Waals surface area contributed by atoms with Gasteiger partial charge in [-0.15, -0.1) is 0 Å². The Bertz CT molecular complexity index is 458. The number of rotatable bonds is 1. The fourth-order valence-electron chi connectivity index (χ4n) is 1.69. The van der Waals surface area contributed by atoms with Crippen LogP contribution in [0.4, 0.5) is 17.6 Å². The van der Waals surface area contributed by atoms with Crippen molar-refractivity contribution in [2.24, 2.45) is 5.92 Å². The quantitative estimate of drug-likeness (QED) is 0.676. The average Bonchev–Trinajstić information content (AvgIpc) is 2.95. The van der Waals surface area contributed by atoms with Gasteiger partial charge in [-0.2, -0.15) is 18.4 Å². The van der Waals surface area contributed by atoms with Crippen LogP contribution >= 0.6 is 0 Å². The monoisotopic (exact) mass is 229 g/mol. The SMILES string of the molecule is N#CC1CC1c1ccc(C(F)(F)F)cc1F. The molecule has 1 nitrogen and oxygen atoms in total. The molecule has 1 aliphatic rings. The van der Waals surface area contributed by atoms with E-state index in [0.29, 0.717) is 12.5 Å². The standard InChI is InChI=1S/C11H7F4N/c12-10-4-7(11(13,14)15)1-2-8(10)9-3-6(9)5-16/h1-2,4,6,9H,3H2. The van der Waals surface area contributed by atoms with Gasteiger partial charge in [-0.1, -0.05) is 6.07 Å². The minimum Gasteiger partial charge on any atom is -0.207 e. The lowest BCUT2D eigenvalue weighted by Crippen LogP contribution is -2.06. The first-order valence-electron chi connectivity index (χ1n) is 4.69. The van der Waals surface area contributed by atoms with E-state index in [1.807, 2.05) is 6.07 Å². The molecule has 1 aromatic carbocycles. The molecule has 0 bridgehead atoms. The van der Waals surface area contributed by atoms with Crippen LogP contribution in [0, 0.1) is 23.1 Å². The van der Waals surface area contributed by atoms with E-state index in [0.717, 1.165) is 12.1 Å². The molecule has 1 fully saturated rings. The van der Waals surface area contributed by atoms with Crippen LogP contribution in [0.1, 0.15) is 23.5 Å². The number of nitriles is 1. The van der Waals surface area contributed by atoms with Crippen LogP contribution in [0.5, 0.6) is 0 Å². The third-order valence-electron chi connectivity index (χ3n) is 2.68. The molecule has 0 aromatic heterocycles. The number of hydrogen-bond acceptors (Lipinski definition) is 1. The van der Waals surface area contributed by atoms with Gasteiger partial charge in [0.2, 0.25) is 0 Å². The van der Waals surface area contributed by atoms with E-state index >= 15 is 0 Å². The number of halogens is 4. The lowest BCUT2D eigenvalue weighted by Gasteiger charge is -2.08. The highest BCUT2D eigenvalue weighted by atomic mass is 19.4. The Hall–Kier alpha value is -1.57. The molecule has 1 aliphatic carbocycles. The molecule has 1 saturated carbocycles. The minimum atomic E-state index is -4.53. The van der Waals surface area contributed by atoms with Crippen LogP contribution in [0.25, 0.3) is 0 Å². The minimum absolute atomic E-state index is 0.208. The summed E-state index contributed by atoms with van der Waals surface area (Å²) >= 11 is 0. The fraction of sp³-hybridized carbons (Fsp3) is 0.364. The van der Waals surface area contributed by atoms with Crippen molar-refractivity contribution >= 4 is 0 Å². The molecule has 2 rings (SSSR count). The lowest BCUT2D eigenvalue weighted by molar-refractivity contribution is -0.137. The lowest BCUT2D eigenvalue weighted by atomic mass is 10.1. The zero-order valence-electron chi connectivity index (χ0n) is 8.05. The highest BCUT2D eigenvalue weighted by Crippen LogP contribution is 2.48. The third-order valence-corrected chi connectivity index (χ3v) is 2.68. The van der Waals surface area contributed by atoms with E-state index in [1.165, 1.54) is 0 Å². The van der Waals surface area contributed by atoms with Gasteiger partial charge in [0, 0.05) is 5.92 Å². The Morgan fingerprint density at radius 2 is 2.00 bits per heavy atom. The van der Waals surface area contributed by atoms with Crippen molar-refractivity contribution in [2.45, 2.75) is 18.5 Å². The number of alkyl halides is 3. The second-order valence-electron chi connectivity index (χ2n) is 3.81. The predicted molar refractivity (Wildman–Crippen MR) is 47.9 cm³/mol. The Balaban J connectivity index is 2.29. The van der Waals surface area contributed by atoms with Crippen molar-refractivity contribution < 1.29 is 17.6 Å². The first-order valence-corrected chi connectivity index (χ1v) is 4.69. The van der Waals surface area contributed by atoms with Crippen molar-refractivity contribution in [1.29, 1.82) is 5.26 Å². The highest BCUT2D eigenvalue weighted by Gasteiger charge is 2.41. The van der Waals surface area contributed by atoms with Gasteiger partial charge in [0.15, 0.2) is 0 Å². The third kappa shape index (κ3) is 1.87. The van der Waals surface area contributed by atoms with Crippen LogP contribution in [-0.4, -0.2) is 0 Å². The van der Waals surface area contributed by atoms with E-state index in [4.69, 9.17) is 5.26 Å². The normalized spacial score (nSPS) is 23.9. The summed E-state index contributed by atoms with van der Waals surface area (Å²) in [5, 5.41) is 8.56. The molecule has 0 saturated heterocycles. The average molecular weight is 229 g/mol. The molecule has 0 aliphatic heterocycles. The summed E-state index contributed by atoms with van der Waals surface area (Å²) in [5.41, 5.74) is -0.789. The molecule has 2 unspecified atom stereocenters. The molecule has 16 heavy (non-hydrogen) atoms. The highest BCUT2D eigenvalue weighted by molar-refractivity contribution is 5.34. The molecule has 0 N–H and O–H groups in total. The van der Waals surface area contributed by atoms with Gasteiger partial charge in [0.1, 0.15) is 5.82 Å². The Labute approximate surface area is 89.3 Å². The Morgan fingerprint density at radius 3 is 2.44 bits per heavy atom. The maximum Gasteiger partial charge on any atom is 0.416 e. The zero-order chi connectivity index (χ0) is 11.9. The molecular formula is C11H7F4N. The summed E-state index contributed by atoms with van der Waals surface area (Å²) in [7, 11) is 0. The van der Waals surface area contributed by atoms with Crippen LogP contribution in [-0.2, 0) is 6.18 Å². The van der Waals surface area contributed by atoms with Gasteiger partial charge in [-0.3, -0.25) is 0 Å². The summed E-state index contributed by atoms with van der Waals surface area (Å²) in [6.07, 6.45) is -4.00. The summed E-state index contributed by atoms with van der Waals surface area (Å²) in [4.78, 5) is 0. The zero-order valence-corrected chi connectivity index (χ0v) is 8.05. The van der Waals surface area contributed by atoms with Crippen molar-refractivity contribution in [3.8, 4) is 6.07 Å². The van der Waals surface area contributed by atoms with E-state index in [9.17, 15) is 17.6 Å². The van der Waals surface area contributed by atoms with E-state index in [-0.39, 0.29) is 17.4 Å². The molecule has 2 atom stereocenters. The van der Waals surface area contributed by atoms with Gasteiger partial charge in [-0.05, 0) is 24.1 Å². The summed E-state index contributed by atoms with van der Waals surface area (Å²) < 4.78 is 50.1. The first-order chi connectivity index (χ1) is 7.43. The van der Waals surface area contributed by atoms with Crippen LogP contribution in [0.2, 0.25) is 0 Å². The first kappa shape index (κ1) is 10.9. The largest absolute Gasteiger partial charge is 0.416 e. The molecule has 5 heteroatoms. The summed E-state index contributed by atoms with van der Waals surface area (Å²) in [5.74, 6) is -1.38. The second kappa shape index (κ2) is 3.48. The van der Waals surface area contributed by atoms with Crippen LogP contribution in [0.3, 0.4) is 0 Å². The van der Waals surface area contributed by atoms with Gasteiger partial charge < -0.3 is 0 Å². The Morgan fingerprint density at radius 1 is 1.31 bits per heavy atom. The van der Waals surface area contributed by atoms with Crippen molar-refractivity contribution in [3.63, 3.8) is 0 Å². The fourth-order valence-corrected chi connectivity index (χ4v) is 1.69. The topological polar surface area (TPSA) is 23.8 Å². The maximum absolute atomic E-state index is 13.4. The smallest absolute Gasteiger partial charge is 0.207 e. The number of hydrogen-bond donors (Lipinski definition) is 0. The van der Waals surface area contributed by atoms with E-state index < -0.39 is 17.6 Å². The van der Waals surface area contributed by atoms with Gasteiger partial charge in [0.05, 0.1) is 17.6 Å². The molecule has 0 heterocycles. The van der Waals surface area contributed by atoms with Crippen molar-refractivity contribution in [3.05, 3.63) is 35.1 Å². The second-order valence-corrected chi connectivity index (χ2v) is 3.81. The molecular weight excluding hydrogens is 222 g/mol. The van der Waals surface area contributed by atoms with E-state index in [2.05, 4.69) is 0 Å². The summed E-state index contributed by atoms with van der Waals surface area (Å²) in [6.45, 7) is 0. The molecule has 84 valence electrons. The maximum atomic E-state index is 13.4. The molecule has 0 amide bonds. The van der Waals surface area contributed by atoms with Gasteiger partial charge in [-0.25, -0.2) is 4.39 Å². The number of benzene rings is 1. The predicted octanol–water partition coefficient (Wildman–Crippen LogP) is 3.47. The van der Waals surface area contributed by atoms with Crippen molar-refractivity contribution in [1.82, 2.24) is 0 Å².